The molecule has 1 N–H and O–H groups in total. The molecule has 3 rings (SSSR count). The van der Waals surface area contributed by atoms with Crippen LogP contribution in [0.3, 0.4) is 0 Å². The van der Waals surface area contributed by atoms with Crippen molar-refractivity contribution in [2.75, 3.05) is 26.2 Å². The average molecular weight is 272 g/mol. The van der Waals surface area contributed by atoms with Crippen LogP contribution in [0.2, 0.25) is 0 Å². The Labute approximate surface area is 119 Å². The lowest BCUT2D eigenvalue weighted by molar-refractivity contribution is 0.154. The Morgan fingerprint density at radius 3 is 2.60 bits per heavy atom. The van der Waals surface area contributed by atoms with E-state index in [4.69, 9.17) is 4.52 Å². The molecule has 0 spiro atoms. The molecule has 1 unspecified atom stereocenters. The first kappa shape index (κ1) is 13.3. The molecule has 1 atom stereocenters. The third kappa shape index (κ3) is 2.73. The van der Waals surface area contributed by atoms with Crippen LogP contribution in [0.25, 0.3) is 11.4 Å². The van der Waals surface area contributed by atoms with Gasteiger partial charge in [0.25, 0.3) is 0 Å². The zero-order valence-corrected chi connectivity index (χ0v) is 12.0. The summed E-state index contributed by atoms with van der Waals surface area (Å²) in [4.78, 5) is 6.91. The molecular weight excluding hydrogens is 252 g/mol. The summed E-state index contributed by atoms with van der Waals surface area (Å²) in [5.41, 5.74) is 2.23. The van der Waals surface area contributed by atoms with Gasteiger partial charge in [-0.05, 0) is 13.8 Å². The molecule has 2 heterocycles. The average Bonchev–Trinajstić information content (AvgIpc) is 2.98. The highest BCUT2D eigenvalue weighted by atomic mass is 16.5. The van der Waals surface area contributed by atoms with E-state index in [1.165, 1.54) is 5.56 Å². The molecule has 0 bridgehead atoms. The molecule has 1 aliphatic rings. The predicted octanol–water partition coefficient (Wildman–Crippen LogP) is 2.01. The maximum atomic E-state index is 5.44. The van der Waals surface area contributed by atoms with Gasteiger partial charge in [0.1, 0.15) is 0 Å². The molecule has 0 amide bonds. The Bertz CT molecular complexity index is 558. The summed E-state index contributed by atoms with van der Waals surface area (Å²) >= 11 is 0. The van der Waals surface area contributed by atoms with Crippen LogP contribution in [0.4, 0.5) is 0 Å². The van der Waals surface area contributed by atoms with Gasteiger partial charge < -0.3 is 9.84 Å². The number of rotatable bonds is 3. The number of benzene rings is 1. The molecular formula is C15H20N4O. The van der Waals surface area contributed by atoms with Crippen LogP contribution in [0.5, 0.6) is 0 Å². The smallest absolute Gasteiger partial charge is 0.244 e. The quantitative estimate of drug-likeness (QED) is 0.926. The van der Waals surface area contributed by atoms with Crippen molar-refractivity contribution in [2.24, 2.45) is 0 Å². The van der Waals surface area contributed by atoms with Crippen LogP contribution < -0.4 is 5.32 Å². The topological polar surface area (TPSA) is 54.2 Å². The fourth-order valence-electron chi connectivity index (χ4n) is 2.45. The second kappa shape index (κ2) is 5.73. The normalized spacial score (nSPS) is 18.1. The highest BCUT2D eigenvalue weighted by molar-refractivity contribution is 5.54. The highest BCUT2D eigenvalue weighted by Crippen LogP contribution is 2.22. The van der Waals surface area contributed by atoms with Crippen molar-refractivity contribution >= 4 is 0 Å². The molecule has 20 heavy (non-hydrogen) atoms. The van der Waals surface area contributed by atoms with Crippen molar-refractivity contribution in [3.63, 3.8) is 0 Å². The highest BCUT2D eigenvalue weighted by Gasteiger charge is 2.23. The maximum absolute atomic E-state index is 5.44. The largest absolute Gasteiger partial charge is 0.337 e. The second-order valence-corrected chi connectivity index (χ2v) is 5.28. The SMILES string of the molecule is Cc1ccc(-c2noc(C(C)N3CCNCC3)n2)cc1. The zero-order valence-electron chi connectivity index (χ0n) is 12.0. The summed E-state index contributed by atoms with van der Waals surface area (Å²) in [5.74, 6) is 1.37. The fraction of sp³-hybridized carbons (Fsp3) is 0.467. The first-order chi connectivity index (χ1) is 9.74. The molecule has 5 heteroatoms. The molecule has 0 radical (unpaired) electrons. The lowest BCUT2D eigenvalue weighted by Gasteiger charge is -2.30. The van der Waals surface area contributed by atoms with Crippen LogP contribution in [0.1, 0.15) is 24.4 Å². The van der Waals surface area contributed by atoms with Gasteiger partial charge in [-0.2, -0.15) is 4.98 Å². The minimum atomic E-state index is 0.170. The van der Waals surface area contributed by atoms with Crippen LogP contribution in [-0.2, 0) is 0 Å². The van der Waals surface area contributed by atoms with E-state index in [1.54, 1.807) is 0 Å². The van der Waals surface area contributed by atoms with E-state index in [0.717, 1.165) is 31.7 Å². The zero-order chi connectivity index (χ0) is 13.9. The Kier molecular flexibility index (Phi) is 3.80. The molecule has 2 aromatic rings. The van der Waals surface area contributed by atoms with Gasteiger partial charge in [0.2, 0.25) is 11.7 Å². The van der Waals surface area contributed by atoms with Crippen molar-refractivity contribution in [1.29, 1.82) is 0 Å². The molecule has 106 valence electrons. The van der Waals surface area contributed by atoms with E-state index in [1.807, 2.05) is 12.1 Å². The summed E-state index contributed by atoms with van der Waals surface area (Å²) in [5, 5.41) is 7.45. The van der Waals surface area contributed by atoms with Gasteiger partial charge in [-0.15, -0.1) is 0 Å². The van der Waals surface area contributed by atoms with Crippen LogP contribution in [0.15, 0.2) is 28.8 Å². The Hall–Kier alpha value is -1.72. The van der Waals surface area contributed by atoms with Crippen molar-refractivity contribution in [2.45, 2.75) is 19.9 Å². The summed E-state index contributed by atoms with van der Waals surface area (Å²) in [6.07, 6.45) is 0. The molecule has 1 fully saturated rings. The number of nitrogens with zero attached hydrogens (tertiary/aromatic N) is 3. The van der Waals surface area contributed by atoms with Gasteiger partial charge >= 0.3 is 0 Å². The molecule has 1 aromatic carbocycles. The second-order valence-electron chi connectivity index (χ2n) is 5.28. The van der Waals surface area contributed by atoms with E-state index in [0.29, 0.717) is 11.7 Å². The van der Waals surface area contributed by atoms with Crippen molar-refractivity contribution in [3.05, 3.63) is 35.7 Å². The summed E-state index contributed by atoms with van der Waals surface area (Å²) in [6, 6.07) is 8.35. The lowest BCUT2D eigenvalue weighted by Crippen LogP contribution is -2.44. The minimum absolute atomic E-state index is 0.170. The number of aryl methyl sites for hydroxylation is 1. The number of hydrogen-bond donors (Lipinski definition) is 1. The van der Waals surface area contributed by atoms with Gasteiger partial charge in [-0.1, -0.05) is 35.0 Å². The van der Waals surface area contributed by atoms with E-state index in [-0.39, 0.29) is 6.04 Å². The van der Waals surface area contributed by atoms with E-state index >= 15 is 0 Å². The van der Waals surface area contributed by atoms with Crippen molar-refractivity contribution in [1.82, 2.24) is 20.4 Å². The first-order valence-electron chi connectivity index (χ1n) is 7.09. The predicted molar refractivity (Wildman–Crippen MR) is 77.3 cm³/mol. The third-order valence-corrected chi connectivity index (χ3v) is 3.81. The number of piperazine rings is 1. The molecule has 0 saturated carbocycles. The van der Waals surface area contributed by atoms with E-state index in [9.17, 15) is 0 Å². The van der Waals surface area contributed by atoms with Crippen molar-refractivity contribution < 1.29 is 4.52 Å². The number of aromatic nitrogens is 2. The monoisotopic (exact) mass is 272 g/mol. The Morgan fingerprint density at radius 1 is 1.20 bits per heavy atom. The Balaban J connectivity index is 1.77. The minimum Gasteiger partial charge on any atom is -0.337 e. The van der Waals surface area contributed by atoms with E-state index in [2.05, 4.69) is 46.3 Å². The summed E-state index contributed by atoms with van der Waals surface area (Å²) in [6.45, 7) is 8.26. The van der Waals surface area contributed by atoms with Crippen LogP contribution in [-0.4, -0.2) is 41.2 Å². The number of nitrogens with one attached hydrogen (secondary N) is 1. The van der Waals surface area contributed by atoms with Gasteiger partial charge in [0.05, 0.1) is 6.04 Å². The molecule has 5 nitrogen and oxygen atoms in total. The molecule has 0 aliphatic carbocycles. The van der Waals surface area contributed by atoms with Gasteiger partial charge in [-0.3, -0.25) is 4.90 Å². The third-order valence-electron chi connectivity index (χ3n) is 3.81. The van der Waals surface area contributed by atoms with Gasteiger partial charge in [0.15, 0.2) is 0 Å². The molecule has 1 saturated heterocycles. The van der Waals surface area contributed by atoms with Crippen LogP contribution in [0, 0.1) is 6.92 Å². The Morgan fingerprint density at radius 2 is 1.90 bits per heavy atom. The number of hydrogen-bond acceptors (Lipinski definition) is 5. The van der Waals surface area contributed by atoms with Crippen molar-refractivity contribution in [3.8, 4) is 11.4 Å². The van der Waals surface area contributed by atoms with Gasteiger partial charge in [-0.25, -0.2) is 0 Å². The standard InChI is InChI=1S/C15H20N4O/c1-11-3-5-13(6-4-11)14-17-15(20-18-14)12(2)19-9-7-16-8-10-19/h3-6,12,16H,7-10H2,1-2H3. The summed E-state index contributed by atoms with van der Waals surface area (Å²) in [7, 11) is 0. The van der Waals surface area contributed by atoms with Crippen LogP contribution >= 0.6 is 0 Å². The summed E-state index contributed by atoms with van der Waals surface area (Å²) < 4.78 is 5.44. The maximum Gasteiger partial charge on any atom is 0.244 e. The fourth-order valence-corrected chi connectivity index (χ4v) is 2.45. The first-order valence-corrected chi connectivity index (χ1v) is 7.09. The van der Waals surface area contributed by atoms with Gasteiger partial charge in [0, 0.05) is 31.7 Å². The molecule has 1 aliphatic heterocycles. The van der Waals surface area contributed by atoms with E-state index < -0.39 is 0 Å². The molecule has 1 aromatic heterocycles. The lowest BCUT2D eigenvalue weighted by atomic mass is 10.1.